The number of carbonyl (C=O) groups excluding carboxylic acids is 1. The molecule has 0 saturated heterocycles. The molecule has 160 valence electrons. The van der Waals surface area contributed by atoms with Gasteiger partial charge in [0.25, 0.3) is 0 Å². The maximum atomic E-state index is 11.5. The van der Waals surface area contributed by atoms with E-state index in [0.717, 1.165) is 10.9 Å². The molecule has 1 atom stereocenters. The van der Waals surface area contributed by atoms with E-state index in [-0.39, 0.29) is 12.0 Å². The molecular formula is C22H27N3O5. The second-order valence-electron chi connectivity index (χ2n) is 6.80. The van der Waals surface area contributed by atoms with Crippen molar-refractivity contribution in [1.29, 1.82) is 0 Å². The zero-order valence-corrected chi connectivity index (χ0v) is 17.3. The molecule has 3 aromatic rings. The van der Waals surface area contributed by atoms with Crippen molar-refractivity contribution in [3.8, 4) is 5.88 Å². The molecule has 0 unspecified atom stereocenters. The van der Waals surface area contributed by atoms with Gasteiger partial charge in [0, 0.05) is 18.4 Å². The van der Waals surface area contributed by atoms with Crippen LogP contribution in [0, 0.1) is 0 Å². The molecule has 0 fully saturated rings. The Morgan fingerprint density at radius 3 is 2.63 bits per heavy atom. The fourth-order valence-corrected chi connectivity index (χ4v) is 2.78. The highest BCUT2D eigenvalue weighted by molar-refractivity contribution is 5.89. The van der Waals surface area contributed by atoms with E-state index in [4.69, 9.17) is 18.9 Å². The number of rotatable bonds is 12. The Bertz CT molecular complexity index is 929. The molecule has 8 nitrogen and oxygen atoms in total. The minimum atomic E-state index is -0.160. The topological polar surface area (TPSA) is 84.7 Å². The Hall–Kier alpha value is -2.81. The molecule has 2 heterocycles. The quantitative estimate of drug-likeness (QED) is 0.422. The van der Waals surface area contributed by atoms with E-state index >= 15 is 0 Å². The lowest BCUT2D eigenvalue weighted by molar-refractivity contribution is -0.0203. The summed E-state index contributed by atoms with van der Waals surface area (Å²) in [5.74, 6) is 0.306. The smallest absolute Gasteiger partial charge is 0.244 e. The van der Waals surface area contributed by atoms with Crippen molar-refractivity contribution in [3.05, 3.63) is 54.4 Å². The highest BCUT2D eigenvalue weighted by Gasteiger charge is 2.09. The molecule has 8 heteroatoms. The number of carbonyl (C=O) groups is 1. The van der Waals surface area contributed by atoms with E-state index in [9.17, 15) is 4.79 Å². The van der Waals surface area contributed by atoms with Crippen LogP contribution in [0.25, 0.3) is 10.9 Å². The second-order valence-corrected chi connectivity index (χ2v) is 6.80. The van der Waals surface area contributed by atoms with Crippen LogP contribution in [-0.2, 0) is 20.8 Å². The first kappa shape index (κ1) is 21.9. The normalized spacial score (nSPS) is 12.2. The molecule has 0 bridgehead atoms. The summed E-state index contributed by atoms with van der Waals surface area (Å²) in [6.45, 7) is 6.37. The number of nitrogens with zero attached hydrogens (tertiary/aromatic N) is 3. The molecular weight excluding hydrogens is 386 g/mol. The lowest BCUT2D eigenvalue weighted by Gasteiger charge is -2.14. The van der Waals surface area contributed by atoms with Crippen molar-refractivity contribution in [2.45, 2.75) is 26.6 Å². The number of benzene rings is 1. The van der Waals surface area contributed by atoms with Crippen LogP contribution in [0.1, 0.15) is 24.2 Å². The van der Waals surface area contributed by atoms with Crippen molar-refractivity contribution in [3.63, 3.8) is 0 Å². The Labute approximate surface area is 175 Å². The van der Waals surface area contributed by atoms with Gasteiger partial charge >= 0.3 is 0 Å². The predicted molar refractivity (Wildman–Crippen MR) is 112 cm³/mol. The second kappa shape index (κ2) is 11.4. The summed E-state index contributed by atoms with van der Waals surface area (Å²) in [5, 5.41) is 4.84. The third-order valence-corrected chi connectivity index (χ3v) is 4.31. The lowest BCUT2D eigenvalue weighted by Crippen LogP contribution is -2.21. The van der Waals surface area contributed by atoms with Crippen molar-refractivity contribution in [2.75, 3.05) is 33.0 Å². The zero-order valence-electron chi connectivity index (χ0n) is 17.3. The van der Waals surface area contributed by atoms with Gasteiger partial charge in [0.05, 0.1) is 57.0 Å². The largest absolute Gasteiger partial charge is 0.475 e. The monoisotopic (exact) mass is 413 g/mol. The van der Waals surface area contributed by atoms with E-state index in [1.54, 1.807) is 18.5 Å². The van der Waals surface area contributed by atoms with Gasteiger partial charge in [-0.1, -0.05) is 30.3 Å². The number of fused-ring (bicyclic) bond motifs is 1. The highest BCUT2D eigenvalue weighted by atomic mass is 16.6. The summed E-state index contributed by atoms with van der Waals surface area (Å²) < 4.78 is 23.7. The van der Waals surface area contributed by atoms with E-state index in [0.29, 0.717) is 51.0 Å². The molecule has 0 N–H and O–H groups in total. The minimum Gasteiger partial charge on any atom is -0.475 e. The number of hydrogen-bond acceptors (Lipinski definition) is 7. The van der Waals surface area contributed by atoms with Gasteiger partial charge in [-0.3, -0.25) is 4.79 Å². The summed E-state index contributed by atoms with van der Waals surface area (Å²) in [6, 6.07) is 11.8. The molecule has 0 radical (unpaired) electrons. The summed E-state index contributed by atoms with van der Waals surface area (Å²) in [6.07, 6.45) is 3.09. The van der Waals surface area contributed by atoms with Gasteiger partial charge in [0.2, 0.25) is 11.8 Å². The molecule has 30 heavy (non-hydrogen) atoms. The van der Waals surface area contributed by atoms with Crippen LogP contribution < -0.4 is 4.74 Å². The summed E-state index contributed by atoms with van der Waals surface area (Å²) in [4.78, 5) is 15.7. The molecule has 0 aliphatic carbocycles. The van der Waals surface area contributed by atoms with Crippen LogP contribution in [-0.4, -0.2) is 59.8 Å². The van der Waals surface area contributed by atoms with E-state index in [2.05, 4.69) is 10.1 Å². The maximum absolute atomic E-state index is 11.5. The van der Waals surface area contributed by atoms with Gasteiger partial charge in [0.1, 0.15) is 6.61 Å². The van der Waals surface area contributed by atoms with Crippen molar-refractivity contribution in [2.24, 2.45) is 0 Å². The third-order valence-electron chi connectivity index (χ3n) is 4.31. The molecule has 0 amide bonds. The number of ether oxygens (including phenoxy) is 4. The molecule has 0 saturated carbocycles. The molecule has 0 aliphatic heterocycles. The predicted octanol–water partition coefficient (Wildman–Crippen LogP) is 3.11. The number of hydrogen-bond donors (Lipinski definition) is 0. The standard InChI is InChI=1S/C22H27N3O5/c1-17(29-11-10-27-8-9-28-16-19-6-4-3-5-7-19)15-30-22-12-20-13-24-25(18(2)26)21(20)14-23-22/h3-7,12-14,17H,8-11,15-16H2,1-2H3/t17-/m0/s1. The Kier molecular flexibility index (Phi) is 8.31. The number of pyridine rings is 1. The maximum Gasteiger partial charge on any atom is 0.244 e. The zero-order chi connectivity index (χ0) is 21.2. The summed E-state index contributed by atoms with van der Waals surface area (Å²) in [5.41, 5.74) is 1.81. The summed E-state index contributed by atoms with van der Waals surface area (Å²) in [7, 11) is 0. The molecule has 1 aromatic carbocycles. The Morgan fingerprint density at radius 2 is 1.83 bits per heavy atom. The van der Waals surface area contributed by atoms with Crippen LogP contribution >= 0.6 is 0 Å². The molecule has 0 spiro atoms. The van der Waals surface area contributed by atoms with Crippen molar-refractivity contribution >= 4 is 16.8 Å². The molecule has 3 rings (SSSR count). The van der Waals surface area contributed by atoms with Crippen LogP contribution in [0.4, 0.5) is 0 Å². The van der Waals surface area contributed by atoms with Gasteiger partial charge in [-0.25, -0.2) is 4.98 Å². The fraction of sp³-hybridized carbons (Fsp3) is 0.409. The van der Waals surface area contributed by atoms with Gasteiger partial charge in [0.15, 0.2) is 0 Å². The molecule has 2 aromatic heterocycles. The van der Waals surface area contributed by atoms with Gasteiger partial charge in [-0.15, -0.1) is 0 Å². The van der Waals surface area contributed by atoms with Gasteiger partial charge < -0.3 is 18.9 Å². The van der Waals surface area contributed by atoms with Crippen LogP contribution in [0.15, 0.2) is 48.8 Å². The first-order chi connectivity index (χ1) is 14.6. The average molecular weight is 413 g/mol. The Morgan fingerprint density at radius 1 is 1.07 bits per heavy atom. The first-order valence-corrected chi connectivity index (χ1v) is 9.92. The van der Waals surface area contributed by atoms with E-state index < -0.39 is 0 Å². The highest BCUT2D eigenvalue weighted by Crippen LogP contribution is 2.18. The minimum absolute atomic E-state index is 0.111. The number of aromatic nitrogens is 3. The van der Waals surface area contributed by atoms with E-state index in [1.807, 2.05) is 37.3 Å². The van der Waals surface area contributed by atoms with Crippen LogP contribution in [0.2, 0.25) is 0 Å². The van der Waals surface area contributed by atoms with Crippen molar-refractivity contribution < 1.29 is 23.7 Å². The van der Waals surface area contributed by atoms with Crippen LogP contribution in [0.3, 0.4) is 0 Å². The average Bonchev–Trinajstić information content (AvgIpc) is 3.18. The first-order valence-electron chi connectivity index (χ1n) is 9.92. The SMILES string of the molecule is CC(=O)n1ncc2cc(OC[C@H](C)OCCOCCOCc3ccccc3)ncc21. The Balaban J connectivity index is 1.26. The van der Waals surface area contributed by atoms with E-state index in [1.165, 1.54) is 11.6 Å². The molecule has 0 aliphatic rings. The lowest BCUT2D eigenvalue weighted by atomic mass is 10.2. The fourth-order valence-electron chi connectivity index (χ4n) is 2.78. The van der Waals surface area contributed by atoms with Crippen LogP contribution in [0.5, 0.6) is 5.88 Å². The summed E-state index contributed by atoms with van der Waals surface area (Å²) >= 11 is 0. The third kappa shape index (κ3) is 6.62. The van der Waals surface area contributed by atoms with Crippen molar-refractivity contribution in [1.82, 2.24) is 14.8 Å². The van der Waals surface area contributed by atoms with Gasteiger partial charge in [-0.05, 0) is 12.5 Å². The van der Waals surface area contributed by atoms with Gasteiger partial charge in [-0.2, -0.15) is 9.78 Å².